The number of rotatable bonds is 7. The van der Waals surface area contributed by atoms with Crippen LogP contribution in [0.4, 0.5) is 11.4 Å². The molecule has 4 aromatic rings. The van der Waals surface area contributed by atoms with Crippen molar-refractivity contribution in [2.75, 3.05) is 23.4 Å². The first kappa shape index (κ1) is 27.8. The summed E-state index contributed by atoms with van der Waals surface area (Å²) in [6, 6.07) is 25.0. The Hall–Kier alpha value is -4.36. The van der Waals surface area contributed by atoms with Crippen molar-refractivity contribution < 1.29 is 14.6 Å². The van der Waals surface area contributed by atoms with Gasteiger partial charge in [0.25, 0.3) is 0 Å². The fraction of sp³-hybridized carbons (Fsp3) is 0.314. The van der Waals surface area contributed by atoms with Crippen LogP contribution < -0.4 is 20.3 Å². The second-order valence-electron chi connectivity index (χ2n) is 12.1. The van der Waals surface area contributed by atoms with Gasteiger partial charge in [0.05, 0.1) is 17.8 Å². The number of hydrogen-bond acceptors (Lipinski definition) is 6. The van der Waals surface area contributed by atoms with Gasteiger partial charge in [0, 0.05) is 48.7 Å². The predicted octanol–water partition coefficient (Wildman–Crippen LogP) is 5.71. The van der Waals surface area contributed by atoms with E-state index in [-0.39, 0.29) is 11.3 Å². The third kappa shape index (κ3) is 5.57. The zero-order valence-corrected chi connectivity index (χ0v) is 24.4. The summed E-state index contributed by atoms with van der Waals surface area (Å²) in [6.45, 7) is 8.33. The zero-order chi connectivity index (χ0) is 29.3. The third-order valence-corrected chi connectivity index (χ3v) is 8.23. The SMILES string of the molecule is CC(C)(C)c1ccc(N(Cc2cccc3c2OCCN3)C(C(=O)N[C@H]2c3ccccc3C[C@@H]2O)c2cccnc2)cc1. The smallest absolute Gasteiger partial charge is 0.248 e. The Morgan fingerprint density at radius 3 is 2.64 bits per heavy atom. The van der Waals surface area contributed by atoms with Gasteiger partial charge in [0.1, 0.15) is 18.4 Å². The number of amides is 1. The first-order valence-corrected chi connectivity index (χ1v) is 14.6. The topological polar surface area (TPSA) is 86.7 Å². The molecule has 7 nitrogen and oxygen atoms in total. The summed E-state index contributed by atoms with van der Waals surface area (Å²) in [5, 5.41) is 17.6. The van der Waals surface area contributed by atoms with E-state index < -0.39 is 18.2 Å². The average Bonchev–Trinajstić information content (AvgIpc) is 3.31. The van der Waals surface area contributed by atoms with Gasteiger partial charge < -0.3 is 25.4 Å². The first-order chi connectivity index (χ1) is 20.3. The van der Waals surface area contributed by atoms with E-state index in [9.17, 15) is 9.90 Å². The molecule has 1 aromatic heterocycles. The van der Waals surface area contributed by atoms with Gasteiger partial charge in [0.2, 0.25) is 5.91 Å². The summed E-state index contributed by atoms with van der Waals surface area (Å²) >= 11 is 0. The molecule has 0 bridgehead atoms. The average molecular weight is 563 g/mol. The van der Waals surface area contributed by atoms with Crippen molar-refractivity contribution in [1.29, 1.82) is 0 Å². The van der Waals surface area contributed by atoms with Gasteiger partial charge in [-0.15, -0.1) is 0 Å². The summed E-state index contributed by atoms with van der Waals surface area (Å²) in [6.07, 6.45) is 3.28. The second kappa shape index (κ2) is 11.5. The van der Waals surface area contributed by atoms with Crippen molar-refractivity contribution in [3.63, 3.8) is 0 Å². The van der Waals surface area contributed by atoms with E-state index in [2.05, 4.69) is 71.6 Å². The number of nitrogens with one attached hydrogen (secondary N) is 2. The fourth-order valence-corrected chi connectivity index (χ4v) is 6.02. The number of carbonyl (C=O) groups excluding carboxylic acids is 1. The minimum Gasteiger partial charge on any atom is -0.489 e. The van der Waals surface area contributed by atoms with Crippen LogP contribution in [0.5, 0.6) is 5.75 Å². The van der Waals surface area contributed by atoms with Crippen LogP contribution in [0.1, 0.15) is 60.7 Å². The maximum Gasteiger partial charge on any atom is 0.248 e. The first-order valence-electron chi connectivity index (χ1n) is 14.6. The molecule has 3 atom stereocenters. The van der Waals surface area contributed by atoms with Crippen molar-refractivity contribution in [3.8, 4) is 5.75 Å². The Labute approximate surface area is 247 Å². The van der Waals surface area contributed by atoms with Crippen molar-refractivity contribution in [3.05, 3.63) is 119 Å². The van der Waals surface area contributed by atoms with Crippen molar-refractivity contribution >= 4 is 17.3 Å². The summed E-state index contributed by atoms with van der Waals surface area (Å²) in [5.41, 5.74) is 6.82. The second-order valence-corrected chi connectivity index (χ2v) is 12.1. The van der Waals surface area contributed by atoms with E-state index in [0.717, 1.165) is 45.9 Å². The van der Waals surface area contributed by atoms with Crippen LogP contribution in [0.3, 0.4) is 0 Å². The molecular weight excluding hydrogens is 524 g/mol. The number of benzene rings is 3. The number of ether oxygens (including phenoxy) is 1. The van der Waals surface area contributed by atoms with E-state index >= 15 is 0 Å². The van der Waals surface area contributed by atoms with Crippen molar-refractivity contribution in [2.24, 2.45) is 0 Å². The number of aliphatic hydroxyl groups excluding tert-OH is 1. The molecule has 1 unspecified atom stereocenters. The molecule has 2 aliphatic rings. The van der Waals surface area contributed by atoms with E-state index in [4.69, 9.17) is 4.74 Å². The molecule has 3 N–H and O–H groups in total. The standard InChI is InChI=1S/C35H38N4O3/c1-35(2,3)26-13-15-27(16-14-26)39(22-25-9-6-12-29-33(25)42-19-18-37-29)32(24-10-7-17-36-21-24)34(41)38-31-28-11-5-4-8-23(28)20-30(31)40/h4-17,21,30-32,37,40H,18-20,22H2,1-3H3,(H,38,41)/t30-,31-,32?/m0/s1. The number of hydrogen-bond donors (Lipinski definition) is 3. The third-order valence-electron chi connectivity index (χ3n) is 8.23. The quantitative estimate of drug-likeness (QED) is 0.268. The maximum atomic E-state index is 14.4. The van der Waals surface area contributed by atoms with Gasteiger partial charge in [0.15, 0.2) is 0 Å². The maximum absolute atomic E-state index is 14.4. The molecule has 7 heteroatoms. The summed E-state index contributed by atoms with van der Waals surface area (Å²) in [7, 11) is 0. The van der Waals surface area contributed by atoms with Crippen LogP contribution >= 0.6 is 0 Å². The fourth-order valence-electron chi connectivity index (χ4n) is 6.02. The van der Waals surface area contributed by atoms with E-state index in [1.54, 1.807) is 12.4 Å². The van der Waals surface area contributed by atoms with E-state index in [1.165, 1.54) is 5.56 Å². The normalized spacial score (nSPS) is 18.2. The molecule has 0 saturated carbocycles. The van der Waals surface area contributed by atoms with Gasteiger partial charge in [-0.05, 0) is 46.4 Å². The van der Waals surface area contributed by atoms with Crippen LogP contribution in [0, 0.1) is 0 Å². The van der Waals surface area contributed by atoms with Gasteiger partial charge in [-0.1, -0.05) is 75.4 Å². The number of nitrogens with zero attached hydrogens (tertiary/aromatic N) is 2. The molecule has 1 amide bonds. The Morgan fingerprint density at radius 2 is 1.88 bits per heavy atom. The molecule has 216 valence electrons. The van der Waals surface area contributed by atoms with Crippen LogP contribution in [0.2, 0.25) is 0 Å². The number of carbonyl (C=O) groups is 1. The number of aromatic nitrogens is 1. The minimum atomic E-state index is -0.716. The molecule has 1 aliphatic heterocycles. The largest absolute Gasteiger partial charge is 0.489 e. The Morgan fingerprint density at radius 1 is 1.07 bits per heavy atom. The molecule has 0 fully saturated rings. The molecule has 1 aliphatic carbocycles. The zero-order valence-electron chi connectivity index (χ0n) is 24.4. The number of pyridine rings is 1. The number of fused-ring (bicyclic) bond motifs is 2. The van der Waals surface area contributed by atoms with Crippen LogP contribution in [-0.2, 0) is 23.2 Å². The highest BCUT2D eigenvalue weighted by Gasteiger charge is 2.36. The Balaban J connectivity index is 1.43. The molecule has 0 radical (unpaired) electrons. The van der Waals surface area contributed by atoms with Crippen molar-refractivity contribution in [1.82, 2.24) is 10.3 Å². The summed E-state index contributed by atoms with van der Waals surface area (Å²) < 4.78 is 6.13. The van der Waals surface area contributed by atoms with Gasteiger partial charge in [-0.3, -0.25) is 9.78 Å². The molecular formula is C35H38N4O3. The minimum absolute atomic E-state index is 0.00645. The van der Waals surface area contributed by atoms with Crippen LogP contribution in [-0.4, -0.2) is 35.3 Å². The van der Waals surface area contributed by atoms with Crippen LogP contribution in [0.25, 0.3) is 0 Å². The van der Waals surface area contributed by atoms with Gasteiger partial charge in [-0.25, -0.2) is 0 Å². The summed E-state index contributed by atoms with van der Waals surface area (Å²) in [5.74, 6) is 0.609. The molecule has 42 heavy (non-hydrogen) atoms. The molecule has 2 heterocycles. The van der Waals surface area contributed by atoms with Crippen molar-refractivity contribution in [2.45, 2.75) is 57.3 Å². The van der Waals surface area contributed by atoms with E-state index in [1.807, 2.05) is 48.5 Å². The molecule has 6 rings (SSSR count). The molecule has 0 saturated heterocycles. The number of anilines is 2. The van der Waals surface area contributed by atoms with Crippen LogP contribution in [0.15, 0.2) is 91.3 Å². The lowest BCUT2D eigenvalue weighted by Crippen LogP contribution is -2.44. The molecule has 0 spiro atoms. The lowest BCUT2D eigenvalue weighted by Gasteiger charge is -2.35. The monoisotopic (exact) mass is 562 g/mol. The number of aliphatic hydroxyl groups is 1. The lowest BCUT2D eigenvalue weighted by molar-refractivity contribution is -0.124. The Bertz CT molecular complexity index is 1550. The highest BCUT2D eigenvalue weighted by molar-refractivity contribution is 5.87. The predicted molar refractivity (Wildman–Crippen MR) is 166 cm³/mol. The van der Waals surface area contributed by atoms with Gasteiger partial charge in [-0.2, -0.15) is 0 Å². The lowest BCUT2D eigenvalue weighted by atomic mass is 9.87. The highest BCUT2D eigenvalue weighted by Crippen LogP contribution is 2.38. The molecule has 3 aromatic carbocycles. The summed E-state index contributed by atoms with van der Waals surface area (Å²) in [4.78, 5) is 20.9. The number of para-hydroxylation sites is 1. The van der Waals surface area contributed by atoms with E-state index in [0.29, 0.717) is 19.6 Å². The Kier molecular flexibility index (Phi) is 7.60. The highest BCUT2D eigenvalue weighted by atomic mass is 16.5. The van der Waals surface area contributed by atoms with Gasteiger partial charge >= 0.3 is 0 Å².